The van der Waals surface area contributed by atoms with Crippen LogP contribution in [-0.2, 0) is 4.79 Å². The van der Waals surface area contributed by atoms with Gasteiger partial charge in [0.2, 0.25) is 5.91 Å². The Kier molecular flexibility index (Phi) is 6.90. The predicted molar refractivity (Wildman–Crippen MR) is 92.1 cm³/mol. The zero-order valence-corrected chi connectivity index (χ0v) is 14.2. The van der Waals surface area contributed by atoms with Gasteiger partial charge >= 0.3 is 0 Å². The first-order valence-corrected chi connectivity index (χ1v) is 8.90. The third kappa shape index (κ3) is 5.44. The molecule has 0 aromatic heterocycles. The molecule has 0 bridgehead atoms. The molecule has 1 aromatic carbocycles. The monoisotopic (exact) mass is 323 g/mol. The highest BCUT2D eigenvalue weighted by Gasteiger charge is 2.14. The third-order valence-electron chi connectivity index (χ3n) is 3.87. The number of hydrogen-bond donors (Lipinski definition) is 1. The van der Waals surface area contributed by atoms with Crippen LogP contribution in [0.4, 0.5) is 5.69 Å². The van der Waals surface area contributed by atoms with E-state index in [9.17, 15) is 4.79 Å². The lowest BCUT2D eigenvalue weighted by molar-refractivity contribution is -0.115. The van der Waals surface area contributed by atoms with Crippen LogP contribution in [0.25, 0.3) is 0 Å². The lowest BCUT2D eigenvalue weighted by Crippen LogP contribution is -2.14. The second-order valence-corrected chi connectivity index (χ2v) is 6.94. The highest BCUT2D eigenvalue weighted by atomic mass is 32.2. The minimum absolute atomic E-state index is 0.0404. The number of carbonyl (C=O) groups excluding carboxylic acids is 1. The number of ether oxygens (including phenoxy) is 2. The van der Waals surface area contributed by atoms with Gasteiger partial charge in [-0.05, 0) is 12.8 Å². The summed E-state index contributed by atoms with van der Waals surface area (Å²) in [6.07, 6.45) is 7.20. The number of rotatable bonds is 7. The molecule has 0 aliphatic heterocycles. The number of thioether (sulfide) groups is 1. The summed E-state index contributed by atoms with van der Waals surface area (Å²) in [5.74, 6) is 2.27. The Balaban J connectivity index is 1.78. The SMILES string of the molecule is COc1cc(NC(=O)CCSC2CCCCC2)cc(OC)c1. The minimum atomic E-state index is 0.0404. The zero-order chi connectivity index (χ0) is 15.8. The molecule has 1 fully saturated rings. The van der Waals surface area contributed by atoms with Crippen molar-refractivity contribution in [3.63, 3.8) is 0 Å². The van der Waals surface area contributed by atoms with Crippen LogP contribution in [0.5, 0.6) is 11.5 Å². The standard InChI is InChI=1S/C17H25NO3S/c1-20-14-10-13(11-15(12-14)21-2)18-17(19)8-9-22-16-6-4-3-5-7-16/h10-12,16H,3-9H2,1-2H3,(H,18,19). The predicted octanol–water partition coefficient (Wildman–Crippen LogP) is 4.10. The number of carbonyl (C=O) groups is 1. The fraction of sp³-hybridized carbons (Fsp3) is 0.588. The van der Waals surface area contributed by atoms with Crippen molar-refractivity contribution >= 4 is 23.4 Å². The largest absolute Gasteiger partial charge is 0.497 e. The fourth-order valence-corrected chi connectivity index (χ4v) is 3.96. The van der Waals surface area contributed by atoms with Gasteiger partial charge < -0.3 is 14.8 Å². The van der Waals surface area contributed by atoms with Crippen molar-refractivity contribution in [3.05, 3.63) is 18.2 Å². The second kappa shape index (κ2) is 8.93. The molecule has 1 N–H and O–H groups in total. The summed E-state index contributed by atoms with van der Waals surface area (Å²) in [6.45, 7) is 0. The van der Waals surface area contributed by atoms with Crippen molar-refractivity contribution in [1.29, 1.82) is 0 Å². The summed E-state index contributed by atoms with van der Waals surface area (Å²) in [5, 5.41) is 3.67. The van der Waals surface area contributed by atoms with Gasteiger partial charge in [0.25, 0.3) is 0 Å². The van der Waals surface area contributed by atoms with Crippen LogP contribution in [0.3, 0.4) is 0 Å². The highest BCUT2D eigenvalue weighted by molar-refractivity contribution is 7.99. The molecule has 0 saturated heterocycles. The van der Waals surface area contributed by atoms with Crippen molar-refractivity contribution in [2.45, 2.75) is 43.8 Å². The average Bonchev–Trinajstić information content (AvgIpc) is 2.55. The smallest absolute Gasteiger partial charge is 0.225 e. The van der Waals surface area contributed by atoms with Crippen molar-refractivity contribution in [2.24, 2.45) is 0 Å². The Labute approximate surface area is 137 Å². The molecule has 4 nitrogen and oxygen atoms in total. The minimum Gasteiger partial charge on any atom is -0.497 e. The van der Waals surface area contributed by atoms with Gasteiger partial charge in [0.05, 0.1) is 14.2 Å². The number of anilines is 1. The molecule has 0 spiro atoms. The molecule has 1 aromatic rings. The van der Waals surface area contributed by atoms with Crippen molar-refractivity contribution in [3.8, 4) is 11.5 Å². The summed E-state index contributed by atoms with van der Waals surface area (Å²) in [5.41, 5.74) is 0.712. The molecule has 2 rings (SSSR count). The summed E-state index contributed by atoms with van der Waals surface area (Å²) in [7, 11) is 3.20. The molecule has 122 valence electrons. The highest BCUT2D eigenvalue weighted by Crippen LogP contribution is 2.29. The van der Waals surface area contributed by atoms with Crippen molar-refractivity contribution in [1.82, 2.24) is 0 Å². The van der Waals surface area contributed by atoms with E-state index in [1.807, 2.05) is 11.8 Å². The lowest BCUT2D eigenvalue weighted by atomic mass is 10.0. The molecule has 1 saturated carbocycles. The van der Waals surface area contributed by atoms with E-state index >= 15 is 0 Å². The maximum atomic E-state index is 12.0. The molecule has 1 aliphatic rings. The van der Waals surface area contributed by atoms with E-state index in [-0.39, 0.29) is 5.91 Å². The van der Waals surface area contributed by atoms with E-state index in [1.165, 1.54) is 32.1 Å². The zero-order valence-electron chi connectivity index (χ0n) is 13.4. The Morgan fingerprint density at radius 3 is 2.36 bits per heavy atom. The van der Waals surface area contributed by atoms with Gasteiger partial charge in [0, 0.05) is 41.3 Å². The Bertz CT molecular complexity index is 465. The van der Waals surface area contributed by atoms with Crippen LogP contribution >= 0.6 is 11.8 Å². The molecular weight excluding hydrogens is 298 g/mol. The van der Waals surface area contributed by atoms with E-state index in [4.69, 9.17) is 9.47 Å². The fourth-order valence-electron chi connectivity index (χ4n) is 2.65. The maximum Gasteiger partial charge on any atom is 0.225 e. The third-order valence-corrected chi connectivity index (χ3v) is 5.25. The summed E-state index contributed by atoms with van der Waals surface area (Å²) in [6, 6.07) is 5.39. The molecule has 1 amide bonds. The van der Waals surface area contributed by atoms with Gasteiger partial charge in [0.1, 0.15) is 11.5 Å². The van der Waals surface area contributed by atoms with Crippen LogP contribution < -0.4 is 14.8 Å². The molecule has 0 atom stereocenters. The van der Waals surface area contributed by atoms with Crippen LogP contribution in [-0.4, -0.2) is 31.1 Å². The van der Waals surface area contributed by atoms with E-state index in [1.54, 1.807) is 32.4 Å². The number of amides is 1. The van der Waals surface area contributed by atoms with Crippen LogP contribution in [0, 0.1) is 0 Å². The van der Waals surface area contributed by atoms with Gasteiger partial charge in [-0.25, -0.2) is 0 Å². The summed E-state index contributed by atoms with van der Waals surface area (Å²) < 4.78 is 10.4. The average molecular weight is 323 g/mol. The molecular formula is C17H25NO3S. The number of methoxy groups -OCH3 is 2. The first-order valence-electron chi connectivity index (χ1n) is 7.86. The van der Waals surface area contributed by atoms with Gasteiger partial charge in [-0.2, -0.15) is 11.8 Å². The lowest BCUT2D eigenvalue weighted by Gasteiger charge is -2.20. The van der Waals surface area contributed by atoms with Crippen molar-refractivity contribution in [2.75, 3.05) is 25.3 Å². The van der Waals surface area contributed by atoms with E-state index in [2.05, 4.69) is 5.32 Å². The van der Waals surface area contributed by atoms with Gasteiger partial charge in [-0.15, -0.1) is 0 Å². The van der Waals surface area contributed by atoms with E-state index in [0.29, 0.717) is 23.6 Å². The number of hydrogen-bond acceptors (Lipinski definition) is 4. The number of benzene rings is 1. The molecule has 0 unspecified atom stereocenters. The molecule has 22 heavy (non-hydrogen) atoms. The van der Waals surface area contributed by atoms with Gasteiger partial charge in [-0.1, -0.05) is 19.3 Å². The Hall–Kier alpha value is -1.36. The van der Waals surface area contributed by atoms with E-state index < -0.39 is 0 Å². The first-order chi connectivity index (χ1) is 10.7. The second-order valence-electron chi connectivity index (χ2n) is 5.53. The summed E-state index contributed by atoms with van der Waals surface area (Å²) in [4.78, 5) is 12.0. The van der Waals surface area contributed by atoms with Crippen LogP contribution in [0.2, 0.25) is 0 Å². The maximum absolute atomic E-state index is 12.0. The molecule has 5 heteroatoms. The Morgan fingerprint density at radius 2 is 1.77 bits per heavy atom. The molecule has 1 aliphatic carbocycles. The molecule has 0 radical (unpaired) electrons. The van der Waals surface area contributed by atoms with Crippen LogP contribution in [0.15, 0.2) is 18.2 Å². The van der Waals surface area contributed by atoms with E-state index in [0.717, 1.165) is 11.0 Å². The normalized spacial score (nSPS) is 15.4. The first kappa shape index (κ1) is 17.0. The Morgan fingerprint density at radius 1 is 1.14 bits per heavy atom. The quantitative estimate of drug-likeness (QED) is 0.821. The summed E-state index contributed by atoms with van der Waals surface area (Å²) >= 11 is 1.94. The van der Waals surface area contributed by atoms with Crippen molar-refractivity contribution < 1.29 is 14.3 Å². The molecule has 0 heterocycles. The van der Waals surface area contributed by atoms with Gasteiger partial charge in [0.15, 0.2) is 0 Å². The van der Waals surface area contributed by atoms with Crippen LogP contribution in [0.1, 0.15) is 38.5 Å². The topological polar surface area (TPSA) is 47.6 Å². The number of nitrogens with one attached hydrogen (secondary N) is 1. The van der Waals surface area contributed by atoms with Gasteiger partial charge in [-0.3, -0.25) is 4.79 Å².